The SMILES string of the molecule is CC(C)c1ncc(-c2ccc3[nH]cc(NC(=O)Nc4cccc(C5CCCCC5)c4)c3c2)s1. The van der Waals surface area contributed by atoms with Gasteiger partial charge in [0.05, 0.1) is 15.6 Å². The molecule has 0 bridgehead atoms. The summed E-state index contributed by atoms with van der Waals surface area (Å²) >= 11 is 1.72. The maximum absolute atomic E-state index is 12.8. The van der Waals surface area contributed by atoms with Gasteiger partial charge in [-0.3, -0.25) is 0 Å². The third kappa shape index (κ3) is 4.81. The highest BCUT2D eigenvalue weighted by atomic mass is 32.1. The van der Waals surface area contributed by atoms with E-state index in [-0.39, 0.29) is 6.03 Å². The zero-order valence-corrected chi connectivity index (χ0v) is 20.0. The highest BCUT2D eigenvalue weighted by Crippen LogP contribution is 2.35. The second-order valence-electron chi connectivity index (χ2n) is 9.22. The number of rotatable bonds is 5. The molecule has 6 heteroatoms. The number of aromatic amines is 1. The average Bonchev–Trinajstić information content (AvgIpc) is 3.47. The molecule has 0 unspecified atom stereocenters. The maximum atomic E-state index is 12.8. The van der Waals surface area contributed by atoms with Crippen molar-refractivity contribution < 1.29 is 4.79 Å². The number of carbonyl (C=O) groups excluding carboxylic acids is 1. The number of amides is 2. The Morgan fingerprint density at radius 3 is 2.73 bits per heavy atom. The number of aromatic nitrogens is 2. The molecule has 2 aromatic heterocycles. The molecule has 5 rings (SSSR count). The summed E-state index contributed by atoms with van der Waals surface area (Å²) in [5.41, 5.74) is 5.02. The third-order valence-electron chi connectivity index (χ3n) is 6.45. The highest BCUT2D eigenvalue weighted by molar-refractivity contribution is 7.15. The molecule has 2 amide bonds. The number of fused-ring (bicyclic) bond motifs is 1. The van der Waals surface area contributed by atoms with Crippen LogP contribution in [0.4, 0.5) is 16.2 Å². The number of hydrogen-bond acceptors (Lipinski definition) is 3. The van der Waals surface area contributed by atoms with Crippen LogP contribution in [-0.2, 0) is 0 Å². The third-order valence-corrected chi connectivity index (χ3v) is 7.80. The summed E-state index contributed by atoms with van der Waals surface area (Å²) in [5.74, 6) is 1.02. The normalized spacial score (nSPS) is 14.6. The van der Waals surface area contributed by atoms with E-state index in [9.17, 15) is 4.79 Å². The Morgan fingerprint density at radius 1 is 1.09 bits per heavy atom. The predicted molar refractivity (Wildman–Crippen MR) is 138 cm³/mol. The quantitative estimate of drug-likeness (QED) is 0.283. The van der Waals surface area contributed by atoms with Gasteiger partial charge >= 0.3 is 6.03 Å². The van der Waals surface area contributed by atoms with Gasteiger partial charge in [0.1, 0.15) is 0 Å². The van der Waals surface area contributed by atoms with E-state index in [4.69, 9.17) is 0 Å². The lowest BCUT2D eigenvalue weighted by Gasteiger charge is -2.22. The monoisotopic (exact) mass is 458 g/mol. The van der Waals surface area contributed by atoms with Gasteiger partial charge in [-0.25, -0.2) is 9.78 Å². The van der Waals surface area contributed by atoms with Crippen LogP contribution in [-0.4, -0.2) is 16.0 Å². The van der Waals surface area contributed by atoms with Crippen LogP contribution < -0.4 is 10.6 Å². The predicted octanol–water partition coefficient (Wildman–Crippen LogP) is 8.11. The summed E-state index contributed by atoms with van der Waals surface area (Å²) in [4.78, 5) is 21.7. The van der Waals surface area contributed by atoms with Gasteiger partial charge in [0.2, 0.25) is 0 Å². The second-order valence-corrected chi connectivity index (χ2v) is 10.3. The van der Waals surface area contributed by atoms with Crippen LogP contribution >= 0.6 is 11.3 Å². The highest BCUT2D eigenvalue weighted by Gasteiger charge is 2.16. The lowest BCUT2D eigenvalue weighted by molar-refractivity contribution is 0.262. The Labute approximate surface area is 198 Å². The first-order valence-corrected chi connectivity index (χ1v) is 12.6. The van der Waals surface area contributed by atoms with E-state index in [1.54, 1.807) is 11.3 Å². The van der Waals surface area contributed by atoms with Gasteiger partial charge in [0.25, 0.3) is 0 Å². The number of thiazole rings is 1. The van der Waals surface area contributed by atoms with Crippen molar-refractivity contribution in [1.29, 1.82) is 0 Å². The average molecular weight is 459 g/mol. The van der Waals surface area contributed by atoms with Gasteiger partial charge in [-0.2, -0.15) is 0 Å². The van der Waals surface area contributed by atoms with Crippen molar-refractivity contribution in [1.82, 2.24) is 9.97 Å². The van der Waals surface area contributed by atoms with Crippen molar-refractivity contribution in [2.45, 2.75) is 57.8 Å². The van der Waals surface area contributed by atoms with Crippen molar-refractivity contribution in [3.8, 4) is 10.4 Å². The van der Waals surface area contributed by atoms with E-state index in [1.807, 2.05) is 24.5 Å². The molecule has 1 aliphatic carbocycles. The first kappa shape index (κ1) is 21.7. The molecule has 0 atom stereocenters. The number of benzene rings is 2. The first-order chi connectivity index (χ1) is 16.1. The summed E-state index contributed by atoms with van der Waals surface area (Å²) in [6.07, 6.45) is 10.2. The van der Waals surface area contributed by atoms with Gasteiger partial charge in [-0.15, -0.1) is 11.3 Å². The lowest BCUT2D eigenvalue weighted by Crippen LogP contribution is -2.19. The van der Waals surface area contributed by atoms with E-state index in [2.05, 4.69) is 64.8 Å². The van der Waals surface area contributed by atoms with Gasteiger partial charge in [0.15, 0.2) is 0 Å². The fourth-order valence-electron chi connectivity index (χ4n) is 4.66. The molecule has 1 fully saturated rings. The fraction of sp³-hybridized carbons (Fsp3) is 0.333. The summed E-state index contributed by atoms with van der Waals surface area (Å²) in [5, 5.41) is 8.15. The molecule has 0 radical (unpaired) electrons. The van der Waals surface area contributed by atoms with E-state index < -0.39 is 0 Å². The van der Waals surface area contributed by atoms with Gasteiger partial charge in [-0.05, 0) is 54.2 Å². The Balaban J connectivity index is 1.32. The minimum atomic E-state index is -0.234. The Morgan fingerprint density at radius 2 is 1.94 bits per heavy atom. The standard InChI is InChI=1S/C27H30N4OS/c1-17(2)26-29-16-25(33-26)20-11-12-23-22(14-20)24(15-28-23)31-27(32)30-21-10-6-9-19(13-21)18-7-4-3-5-8-18/h6,9-18,28H,3-5,7-8H2,1-2H3,(H2,30,31,32). The van der Waals surface area contributed by atoms with Gasteiger partial charge in [0, 0.05) is 34.9 Å². The molecule has 33 heavy (non-hydrogen) atoms. The topological polar surface area (TPSA) is 69.8 Å². The van der Waals surface area contributed by atoms with E-state index in [1.165, 1.54) is 37.7 Å². The number of carbonyl (C=O) groups is 1. The molecular formula is C27H30N4OS. The summed E-state index contributed by atoms with van der Waals surface area (Å²) < 4.78 is 0. The molecule has 0 aliphatic heterocycles. The van der Waals surface area contributed by atoms with Crippen LogP contribution in [0.25, 0.3) is 21.3 Å². The van der Waals surface area contributed by atoms with Crippen molar-refractivity contribution in [3.63, 3.8) is 0 Å². The number of nitrogens with zero attached hydrogens (tertiary/aromatic N) is 1. The zero-order chi connectivity index (χ0) is 22.8. The molecule has 5 nitrogen and oxygen atoms in total. The van der Waals surface area contributed by atoms with Crippen molar-refractivity contribution >= 4 is 39.6 Å². The molecular weight excluding hydrogens is 428 g/mol. The first-order valence-electron chi connectivity index (χ1n) is 11.8. The zero-order valence-electron chi connectivity index (χ0n) is 19.2. The fourth-order valence-corrected chi connectivity index (χ4v) is 5.57. The Bertz CT molecular complexity index is 1270. The van der Waals surface area contributed by atoms with Crippen LogP contribution in [0.1, 0.15) is 68.4 Å². The molecule has 2 aromatic carbocycles. The number of anilines is 2. The summed E-state index contributed by atoms with van der Waals surface area (Å²) in [7, 11) is 0. The van der Waals surface area contributed by atoms with Gasteiger partial charge < -0.3 is 15.6 Å². The van der Waals surface area contributed by atoms with Crippen LogP contribution in [0.15, 0.2) is 54.9 Å². The minimum absolute atomic E-state index is 0.234. The maximum Gasteiger partial charge on any atom is 0.323 e. The largest absolute Gasteiger partial charge is 0.359 e. The molecule has 1 saturated carbocycles. The summed E-state index contributed by atoms with van der Waals surface area (Å²) in [6, 6.07) is 14.3. The molecule has 170 valence electrons. The van der Waals surface area contributed by atoms with E-state index >= 15 is 0 Å². The van der Waals surface area contributed by atoms with Crippen LogP contribution in [0.5, 0.6) is 0 Å². The van der Waals surface area contributed by atoms with Crippen molar-refractivity contribution in [2.75, 3.05) is 10.6 Å². The Hall–Kier alpha value is -3.12. The number of H-pyrrole nitrogens is 1. The van der Waals surface area contributed by atoms with E-state index in [0.29, 0.717) is 11.8 Å². The number of nitrogens with one attached hydrogen (secondary N) is 3. The van der Waals surface area contributed by atoms with Crippen LogP contribution in [0.3, 0.4) is 0 Å². The number of urea groups is 1. The molecule has 2 heterocycles. The van der Waals surface area contributed by atoms with Crippen molar-refractivity contribution in [3.05, 3.63) is 65.4 Å². The van der Waals surface area contributed by atoms with Gasteiger partial charge in [-0.1, -0.05) is 51.3 Å². The molecule has 1 aliphatic rings. The smallest absolute Gasteiger partial charge is 0.323 e. The second kappa shape index (κ2) is 9.40. The van der Waals surface area contributed by atoms with Crippen LogP contribution in [0, 0.1) is 0 Å². The van der Waals surface area contributed by atoms with Crippen molar-refractivity contribution in [2.24, 2.45) is 0 Å². The molecule has 3 N–H and O–H groups in total. The minimum Gasteiger partial charge on any atom is -0.359 e. The summed E-state index contributed by atoms with van der Waals surface area (Å²) in [6.45, 7) is 4.31. The Kier molecular flexibility index (Phi) is 6.18. The van der Waals surface area contributed by atoms with Crippen LogP contribution in [0.2, 0.25) is 0 Å². The number of hydrogen-bond donors (Lipinski definition) is 3. The van der Waals surface area contributed by atoms with E-state index in [0.717, 1.165) is 37.7 Å². The lowest BCUT2D eigenvalue weighted by atomic mass is 9.84. The molecule has 4 aromatic rings. The molecule has 0 saturated heterocycles. The molecule has 0 spiro atoms.